The lowest BCUT2D eigenvalue weighted by molar-refractivity contribution is 1.06. The molecule has 0 fully saturated rings. The van der Waals surface area contributed by atoms with Crippen molar-refractivity contribution in [2.75, 3.05) is 19.2 Å². The molecule has 18 aromatic carbocycles. The van der Waals surface area contributed by atoms with Crippen LogP contribution in [0.2, 0.25) is 0 Å². The van der Waals surface area contributed by atoms with Crippen molar-refractivity contribution in [3.63, 3.8) is 0 Å². The van der Waals surface area contributed by atoms with E-state index in [1.807, 2.05) is 6.20 Å². The summed E-state index contributed by atoms with van der Waals surface area (Å²) in [7, 11) is 0.0926. The summed E-state index contributed by atoms with van der Waals surface area (Å²) in [5.41, 5.74) is 39.9. The van der Waals surface area contributed by atoms with Crippen molar-refractivity contribution in [1.29, 1.82) is 0 Å². The lowest BCUT2D eigenvalue weighted by Crippen LogP contribution is -2.47. The van der Waals surface area contributed by atoms with E-state index in [2.05, 4.69) is 524 Å². The molecule has 0 spiro atoms. The molecule has 0 N–H and O–H groups in total. The fourth-order valence-electron chi connectivity index (χ4n) is 26.7. The van der Waals surface area contributed by atoms with E-state index in [4.69, 9.17) is 4.98 Å². The Labute approximate surface area is 818 Å². The maximum absolute atomic E-state index is 4.91. The van der Waals surface area contributed by atoms with E-state index in [-0.39, 0.29) is 28.5 Å². The molecule has 8 aliphatic heterocycles. The minimum absolute atomic E-state index is 0.00991. The largest absolute Gasteiger partial charge is 0.519 e. The molecule has 16 nitrogen and oxygen atoms in total. The van der Waals surface area contributed by atoms with Crippen molar-refractivity contribution < 1.29 is 0 Å². The van der Waals surface area contributed by atoms with Gasteiger partial charge in [0.2, 0.25) is 0 Å². The number of aromatic nitrogens is 12. The van der Waals surface area contributed by atoms with Crippen LogP contribution in [-0.2, 0) is 0 Å². The van der Waals surface area contributed by atoms with Crippen LogP contribution >= 0.6 is 0 Å². The molecule has 29 aromatic rings. The van der Waals surface area contributed by atoms with Crippen LogP contribution in [-0.4, -0.2) is 83.0 Å². The molecule has 0 saturated carbocycles. The van der Waals surface area contributed by atoms with Crippen molar-refractivity contribution >= 4 is 227 Å². The summed E-state index contributed by atoms with van der Waals surface area (Å²) in [6.45, 7) is 0. The van der Waals surface area contributed by atoms with Crippen molar-refractivity contribution in [2.24, 2.45) is 0 Å². The topological polar surface area (TPSA) is 80.1 Å². The number of hydrogen-bond donors (Lipinski definition) is 0. The zero-order chi connectivity index (χ0) is 92.6. The molecule has 143 heavy (non-hydrogen) atoms. The molecule has 0 aliphatic carbocycles. The number of benzene rings is 18. The third-order valence-corrected chi connectivity index (χ3v) is 32.2. The molecule has 0 saturated heterocycles. The van der Waals surface area contributed by atoms with Gasteiger partial charge in [-0.05, 0) is 188 Å². The highest BCUT2D eigenvalue weighted by atomic mass is 15.4. The quantitative estimate of drug-likeness (QED) is 0.165. The highest BCUT2D eigenvalue weighted by Crippen LogP contribution is 2.58. The second-order valence-electron chi connectivity index (χ2n) is 38.9. The zero-order valence-electron chi connectivity index (χ0n) is 76.8. The smallest absolute Gasteiger partial charge is 0.351 e. The normalized spacial score (nSPS) is 13.6. The highest BCUT2D eigenvalue weighted by molar-refractivity contribution is 6.71. The Morgan fingerprint density at radius 3 is 0.790 bits per heavy atom. The molecule has 0 bridgehead atoms. The third kappa shape index (κ3) is 9.80. The molecule has 19 heterocycles. The van der Waals surface area contributed by atoms with E-state index in [1.165, 1.54) is 243 Å². The van der Waals surface area contributed by atoms with Gasteiger partial charge in [-0.15, -0.1) is 0 Å². The Hall–Kier alpha value is -18.9. The molecule has 0 amide bonds. The van der Waals surface area contributed by atoms with Gasteiger partial charge in [0.1, 0.15) is 5.82 Å². The summed E-state index contributed by atoms with van der Waals surface area (Å²) in [5.74, 6) is 0.993. The van der Waals surface area contributed by atoms with E-state index < -0.39 is 0 Å². The van der Waals surface area contributed by atoms with Gasteiger partial charge in [0.05, 0.1) is 77.9 Å². The number of rotatable bonds is 3. The fourth-order valence-corrected chi connectivity index (χ4v) is 26.7. The molecule has 20 heteroatoms. The molecule has 37 rings (SSSR count). The van der Waals surface area contributed by atoms with E-state index in [0.29, 0.717) is 0 Å². The molecule has 11 aromatic heterocycles. The van der Waals surface area contributed by atoms with Gasteiger partial charge in [0, 0.05) is 189 Å². The summed E-state index contributed by atoms with van der Waals surface area (Å²) in [6.07, 6.45) is 10.7. The average molecular weight is 1820 g/mol. The van der Waals surface area contributed by atoms with Crippen molar-refractivity contribution in [3.05, 3.63) is 462 Å². The first-order chi connectivity index (χ1) is 71.1. The molecule has 0 unspecified atom stereocenters. The van der Waals surface area contributed by atoms with Crippen LogP contribution in [0.15, 0.2) is 462 Å². The molecule has 0 radical (unpaired) electrons. The minimum Gasteiger partial charge on any atom is -0.351 e. The van der Waals surface area contributed by atoms with Crippen LogP contribution in [0.25, 0.3) is 215 Å². The summed E-state index contributed by atoms with van der Waals surface area (Å²) >= 11 is 0. The van der Waals surface area contributed by atoms with E-state index in [9.17, 15) is 0 Å². The molecule has 8 aliphatic rings. The third-order valence-electron chi connectivity index (χ3n) is 32.2. The Bertz CT molecular complexity index is 10200. The van der Waals surface area contributed by atoms with Crippen molar-refractivity contribution in [1.82, 2.24) is 54.5 Å². The second kappa shape index (κ2) is 28.0. The summed E-state index contributed by atoms with van der Waals surface area (Å²) in [5, 5.41) is 18.1. The van der Waals surface area contributed by atoms with Gasteiger partial charge in [0.15, 0.2) is 0 Å². The number of imidazole rings is 1. The van der Waals surface area contributed by atoms with Crippen LogP contribution in [0.4, 0.5) is 45.5 Å². The van der Waals surface area contributed by atoms with Gasteiger partial charge >= 0.3 is 28.5 Å². The highest BCUT2D eigenvalue weighted by Gasteiger charge is 2.51. The van der Waals surface area contributed by atoms with Gasteiger partial charge < -0.3 is 68.8 Å². The van der Waals surface area contributed by atoms with Crippen LogP contribution in [0.5, 0.6) is 0 Å². The monoisotopic (exact) mass is 1820 g/mol. The van der Waals surface area contributed by atoms with Gasteiger partial charge in [-0.1, -0.05) is 261 Å². The van der Waals surface area contributed by atoms with Crippen LogP contribution in [0.1, 0.15) is 0 Å². The van der Waals surface area contributed by atoms with E-state index in [0.717, 1.165) is 17.1 Å². The minimum atomic E-state index is -0.0334. The number of hydrogen-bond acceptors (Lipinski definition) is 5. The molecule has 0 atom stereocenters. The van der Waals surface area contributed by atoms with Crippen LogP contribution in [0, 0.1) is 0 Å². The molecular formula is C123H76B4N16. The maximum atomic E-state index is 4.91. The Balaban J connectivity index is 0.0000000834. The fraction of sp³-hybridized carbons (Fsp3) is 0. The van der Waals surface area contributed by atoms with Crippen LogP contribution in [0.3, 0.4) is 0 Å². The Kier molecular flexibility index (Phi) is 14.9. The summed E-state index contributed by atoms with van der Waals surface area (Å²) in [6, 6.07) is 157. The van der Waals surface area contributed by atoms with Gasteiger partial charge in [-0.3, -0.25) is 0 Å². The number of nitrogens with zero attached hydrogens (tertiary/aromatic N) is 16. The van der Waals surface area contributed by atoms with Crippen molar-refractivity contribution in [2.45, 2.75) is 0 Å². The predicted molar refractivity (Wildman–Crippen MR) is 593 cm³/mol. The Morgan fingerprint density at radius 2 is 0.434 bits per heavy atom. The number of fused-ring (bicyclic) bond motifs is 53. The maximum Gasteiger partial charge on any atom is 0.519 e. The first kappa shape index (κ1) is 76.2. The molecular weight excluding hydrogens is 1740 g/mol. The Morgan fingerprint density at radius 1 is 0.168 bits per heavy atom. The van der Waals surface area contributed by atoms with Gasteiger partial charge in [-0.25, -0.2) is 4.98 Å². The predicted octanol–water partition coefficient (Wildman–Crippen LogP) is 29.1. The standard InChI is InChI=1S/2C34H21BN4.C33H20BN5.C22H14BN3/c2*1-5-14-29-23(10-1)24-11-2-6-15-30(24)37(29)22-20-27-25-12-3-7-16-31(25)39-34(27)33(21-22)38-32-17-8-4-13-26(32)28-18-9-19-36(28)35(38)39;1-4-12-27-22(8-1)23-9-2-5-13-28(23)37(27)21-16-17-30-26(20-21)33-35-18-19-36(33)34-38(30)31-15-7-11-25-24-10-3-6-14-29(24)39(34)32(25)31;1-3-10-19-15(7-1)16-9-5-12-21-22(16)26(19)23-24-14-6-13-18(24)17-8-2-4-11-20(17)25(21)23/h2*1-21H;1-20H;1-14H. The lowest BCUT2D eigenvalue weighted by Gasteiger charge is -2.34. The van der Waals surface area contributed by atoms with E-state index in [1.54, 1.807) is 0 Å². The van der Waals surface area contributed by atoms with Gasteiger partial charge in [0.25, 0.3) is 0 Å². The average Bonchev–Trinajstić information content (AvgIpc) is 1.54. The van der Waals surface area contributed by atoms with Crippen LogP contribution < -0.4 is 19.2 Å². The summed E-state index contributed by atoms with van der Waals surface area (Å²) < 4.78 is 26.9. The number of anilines is 8. The van der Waals surface area contributed by atoms with Crippen molar-refractivity contribution in [3.8, 4) is 62.2 Å². The number of para-hydroxylation sites is 15. The summed E-state index contributed by atoms with van der Waals surface area (Å²) in [4.78, 5) is 14.9. The zero-order valence-corrected chi connectivity index (χ0v) is 76.8. The lowest BCUT2D eigenvalue weighted by atomic mass is 9.83. The van der Waals surface area contributed by atoms with E-state index >= 15 is 0 Å². The van der Waals surface area contributed by atoms with Gasteiger partial charge in [-0.2, -0.15) is 0 Å². The molecule has 660 valence electrons. The SMILES string of the molecule is c1ccc2c(c1)-c1cccn1B1N2c2cc(-n3c4ccccc4c4ccccc43)cc3c4ccccc4n1c23.c1ccc2c(c1)-c1cccn1B1N2c2cc(-n3c4ccccc4c4ccccc43)cc3c4ccccc4n1c23.c1ccc2c(c1)-c1cccn1B1N2c2cccc3c4ccccc4n1c23.c1ccc2c(c1)c1cccc3c1n2B1N3c2ccc(-n3c4ccccc4c4ccccc43)cc2-c2nccn21. The first-order valence-electron chi connectivity index (χ1n) is 49.3. The first-order valence-corrected chi connectivity index (χ1v) is 49.3. The second-order valence-corrected chi connectivity index (χ2v) is 38.9.